The maximum absolute atomic E-state index is 11.3. The molecule has 0 aliphatic carbocycles. The summed E-state index contributed by atoms with van der Waals surface area (Å²) in [6.07, 6.45) is 3.86. The molecule has 0 unspecified atom stereocenters. The third-order valence-corrected chi connectivity index (χ3v) is 3.83. The van der Waals surface area contributed by atoms with Gasteiger partial charge < -0.3 is 9.47 Å². The van der Waals surface area contributed by atoms with Gasteiger partial charge in [0, 0.05) is 12.0 Å². The van der Waals surface area contributed by atoms with Gasteiger partial charge in [0.1, 0.15) is 11.4 Å². The molecule has 1 aliphatic rings. The van der Waals surface area contributed by atoms with Gasteiger partial charge in [0.25, 0.3) is 0 Å². The Morgan fingerprint density at radius 2 is 2.32 bits per heavy atom. The fourth-order valence-corrected chi connectivity index (χ4v) is 2.72. The molecule has 3 rings (SSSR count). The first kappa shape index (κ1) is 15.0. The summed E-state index contributed by atoms with van der Waals surface area (Å²) in [7, 11) is 0. The van der Waals surface area contributed by atoms with Gasteiger partial charge in [-0.2, -0.15) is 5.10 Å². The van der Waals surface area contributed by atoms with E-state index in [-0.39, 0.29) is 6.23 Å². The van der Waals surface area contributed by atoms with Gasteiger partial charge in [-0.3, -0.25) is 4.79 Å². The first-order valence-corrected chi connectivity index (χ1v) is 7.91. The average molecular weight is 302 g/mol. The van der Waals surface area contributed by atoms with Crippen molar-refractivity contribution in [3.63, 3.8) is 0 Å². The van der Waals surface area contributed by atoms with Crippen molar-refractivity contribution in [1.82, 2.24) is 9.78 Å². The van der Waals surface area contributed by atoms with Crippen LogP contribution in [0.25, 0.3) is 10.9 Å². The number of fused-ring (bicyclic) bond motifs is 1. The summed E-state index contributed by atoms with van der Waals surface area (Å²) < 4.78 is 13.4. The summed E-state index contributed by atoms with van der Waals surface area (Å²) in [6, 6.07) is 5.79. The summed E-state index contributed by atoms with van der Waals surface area (Å²) >= 11 is 0. The Hall–Kier alpha value is -1.88. The third kappa shape index (κ3) is 2.99. The lowest BCUT2D eigenvalue weighted by molar-refractivity contribution is -0.0367. The molecule has 0 saturated carbocycles. The van der Waals surface area contributed by atoms with Crippen molar-refractivity contribution >= 4 is 17.2 Å². The van der Waals surface area contributed by atoms with Crippen molar-refractivity contribution in [2.24, 2.45) is 5.92 Å². The predicted molar refractivity (Wildman–Crippen MR) is 84.3 cm³/mol. The van der Waals surface area contributed by atoms with Crippen LogP contribution in [0.1, 0.15) is 49.8 Å². The van der Waals surface area contributed by atoms with Gasteiger partial charge in [-0.15, -0.1) is 0 Å². The zero-order valence-electron chi connectivity index (χ0n) is 13.1. The zero-order chi connectivity index (χ0) is 15.5. The minimum absolute atomic E-state index is 0.0765. The molecule has 0 amide bonds. The van der Waals surface area contributed by atoms with Crippen LogP contribution in [0.3, 0.4) is 0 Å². The molecule has 0 spiro atoms. The van der Waals surface area contributed by atoms with Crippen LogP contribution in [0.5, 0.6) is 5.75 Å². The van der Waals surface area contributed by atoms with Gasteiger partial charge >= 0.3 is 0 Å². The van der Waals surface area contributed by atoms with Crippen LogP contribution < -0.4 is 4.74 Å². The van der Waals surface area contributed by atoms with Crippen molar-refractivity contribution < 1.29 is 14.3 Å². The Morgan fingerprint density at radius 1 is 1.45 bits per heavy atom. The topological polar surface area (TPSA) is 53.3 Å². The average Bonchev–Trinajstić information content (AvgIpc) is 2.91. The molecule has 2 aromatic rings. The number of hydrogen-bond donors (Lipinski definition) is 0. The second-order valence-corrected chi connectivity index (χ2v) is 6.15. The van der Waals surface area contributed by atoms with Crippen LogP contribution in [0.2, 0.25) is 0 Å². The summed E-state index contributed by atoms with van der Waals surface area (Å²) in [5, 5.41) is 5.26. The molecule has 1 atom stereocenters. The van der Waals surface area contributed by atoms with E-state index in [0.717, 1.165) is 48.8 Å². The highest BCUT2D eigenvalue weighted by atomic mass is 16.5. The van der Waals surface area contributed by atoms with E-state index in [0.29, 0.717) is 18.2 Å². The molecule has 1 aromatic carbocycles. The van der Waals surface area contributed by atoms with Gasteiger partial charge in [0.2, 0.25) is 0 Å². The number of nitrogens with zero attached hydrogens (tertiary/aromatic N) is 2. The lowest BCUT2D eigenvalue weighted by Gasteiger charge is -2.23. The lowest BCUT2D eigenvalue weighted by atomic mass is 10.1. The molecule has 5 heteroatoms. The minimum atomic E-state index is -0.0765. The number of rotatable bonds is 5. The summed E-state index contributed by atoms with van der Waals surface area (Å²) in [6.45, 7) is 5.61. The van der Waals surface area contributed by atoms with E-state index in [1.54, 1.807) is 0 Å². The molecule has 1 saturated heterocycles. The third-order valence-electron chi connectivity index (χ3n) is 3.83. The monoisotopic (exact) mass is 302 g/mol. The van der Waals surface area contributed by atoms with Crippen molar-refractivity contribution in [2.75, 3.05) is 13.2 Å². The number of aromatic nitrogens is 2. The number of aldehydes is 1. The van der Waals surface area contributed by atoms with Gasteiger partial charge in [0.05, 0.1) is 12.1 Å². The largest absolute Gasteiger partial charge is 0.493 e. The van der Waals surface area contributed by atoms with Crippen LogP contribution in [0.15, 0.2) is 18.2 Å². The van der Waals surface area contributed by atoms with Gasteiger partial charge in [-0.05, 0) is 43.4 Å². The van der Waals surface area contributed by atoms with Crippen molar-refractivity contribution in [3.8, 4) is 5.75 Å². The molecule has 1 fully saturated rings. The molecule has 22 heavy (non-hydrogen) atoms. The molecule has 1 aliphatic heterocycles. The number of hydrogen-bond acceptors (Lipinski definition) is 4. The highest BCUT2D eigenvalue weighted by Gasteiger charge is 2.21. The molecule has 118 valence electrons. The summed E-state index contributed by atoms with van der Waals surface area (Å²) in [5.74, 6) is 1.23. The number of carbonyl (C=O) groups is 1. The molecule has 0 radical (unpaired) electrons. The maximum atomic E-state index is 11.3. The Balaban J connectivity index is 1.95. The van der Waals surface area contributed by atoms with Crippen LogP contribution >= 0.6 is 0 Å². The van der Waals surface area contributed by atoms with Crippen molar-refractivity contribution in [1.29, 1.82) is 0 Å². The van der Waals surface area contributed by atoms with E-state index in [4.69, 9.17) is 9.47 Å². The van der Waals surface area contributed by atoms with Gasteiger partial charge in [-0.1, -0.05) is 13.8 Å². The molecule has 0 bridgehead atoms. The van der Waals surface area contributed by atoms with Gasteiger partial charge in [0.15, 0.2) is 12.5 Å². The molecular formula is C17H22N2O3. The maximum Gasteiger partial charge on any atom is 0.170 e. The van der Waals surface area contributed by atoms with Crippen LogP contribution in [-0.4, -0.2) is 29.3 Å². The van der Waals surface area contributed by atoms with Crippen molar-refractivity contribution in [3.05, 3.63) is 23.9 Å². The molecule has 0 N–H and O–H groups in total. The Bertz CT molecular complexity index is 657. The number of benzene rings is 1. The first-order chi connectivity index (χ1) is 10.7. The minimum Gasteiger partial charge on any atom is -0.493 e. The van der Waals surface area contributed by atoms with Gasteiger partial charge in [-0.25, -0.2) is 4.68 Å². The van der Waals surface area contributed by atoms with E-state index in [1.165, 1.54) is 0 Å². The Kier molecular flexibility index (Phi) is 4.43. The first-order valence-electron chi connectivity index (χ1n) is 7.91. The van der Waals surface area contributed by atoms with E-state index in [9.17, 15) is 4.79 Å². The second-order valence-electron chi connectivity index (χ2n) is 6.15. The van der Waals surface area contributed by atoms with E-state index >= 15 is 0 Å². The second kappa shape index (κ2) is 6.48. The molecule has 5 nitrogen and oxygen atoms in total. The summed E-state index contributed by atoms with van der Waals surface area (Å²) in [4.78, 5) is 11.3. The fourth-order valence-electron chi connectivity index (χ4n) is 2.72. The molecule has 2 heterocycles. The van der Waals surface area contributed by atoms with Crippen LogP contribution in [0, 0.1) is 5.92 Å². The predicted octanol–water partition coefficient (Wildman–Crippen LogP) is 3.58. The smallest absolute Gasteiger partial charge is 0.170 e. The normalized spacial score (nSPS) is 18.8. The number of carbonyl (C=O) groups excluding carboxylic acids is 1. The Labute approximate surface area is 130 Å². The fraction of sp³-hybridized carbons (Fsp3) is 0.529. The summed E-state index contributed by atoms with van der Waals surface area (Å²) in [5.41, 5.74) is 1.37. The quantitative estimate of drug-likeness (QED) is 0.792. The van der Waals surface area contributed by atoms with Crippen molar-refractivity contribution in [2.45, 2.75) is 39.3 Å². The van der Waals surface area contributed by atoms with E-state index in [1.807, 2.05) is 22.9 Å². The molecular weight excluding hydrogens is 280 g/mol. The van der Waals surface area contributed by atoms with E-state index < -0.39 is 0 Å². The highest BCUT2D eigenvalue weighted by Crippen LogP contribution is 2.29. The van der Waals surface area contributed by atoms with Crippen LogP contribution in [-0.2, 0) is 4.74 Å². The Morgan fingerprint density at radius 3 is 3.00 bits per heavy atom. The zero-order valence-corrected chi connectivity index (χ0v) is 13.1. The highest BCUT2D eigenvalue weighted by molar-refractivity contribution is 5.95. The SMILES string of the molecule is CC(C)COc1ccc2c(c1)c(C=O)nn2[C@H]1CCCCO1. The standard InChI is InChI=1S/C17H22N2O3/c1-12(2)11-22-13-6-7-16-14(9-13)15(10-20)18-19(16)17-5-3-4-8-21-17/h6-7,9-10,12,17H,3-5,8,11H2,1-2H3/t17-/m1/s1. The number of ether oxygens (including phenoxy) is 2. The molecule has 1 aromatic heterocycles. The van der Waals surface area contributed by atoms with E-state index in [2.05, 4.69) is 18.9 Å². The lowest BCUT2D eigenvalue weighted by Crippen LogP contribution is -2.19. The van der Waals surface area contributed by atoms with Crippen LogP contribution in [0.4, 0.5) is 0 Å².